The Bertz CT molecular complexity index is 988. The smallest absolute Gasteiger partial charge is 0.269 e. The van der Waals surface area contributed by atoms with Crippen molar-refractivity contribution < 1.29 is 13.2 Å². The van der Waals surface area contributed by atoms with E-state index in [0.717, 1.165) is 10.5 Å². The number of rotatable bonds is 3. The van der Waals surface area contributed by atoms with E-state index in [0.29, 0.717) is 22.2 Å². The Morgan fingerprint density at radius 1 is 1.20 bits per heavy atom. The van der Waals surface area contributed by atoms with E-state index in [1.54, 1.807) is 31.2 Å². The monoisotopic (exact) mass is 377 g/mol. The normalized spacial score (nSPS) is 17.5. The fourth-order valence-corrected chi connectivity index (χ4v) is 4.02. The van der Waals surface area contributed by atoms with Crippen LogP contribution in [0.2, 0.25) is 0 Å². The van der Waals surface area contributed by atoms with Crippen LogP contribution in [0.5, 0.6) is 0 Å². The number of hydrogen-bond donors (Lipinski definition) is 1. The lowest BCUT2D eigenvalue weighted by Crippen LogP contribution is -2.36. The minimum absolute atomic E-state index is 0.175. The summed E-state index contributed by atoms with van der Waals surface area (Å²) in [5, 5.41) is 3.20. The third kappa shape index (κ3) is 3.10. The Balaban J connectivity index is 2.03. The molecule has 0 atom stereocenters. The first-order valence-corrected chi connectivity index (χ1v) is 9.87. The molecule has 0 unspecified atom stereocenters. The number of fused-ring (bicyclic) bond motifs is 1. The lowest BCUT2D eigenvalue weighted by atomic mass is 10.1. The second-order valence-electron chi connectivity index (χ2n) is 5.16. The average Bonchev–Trinajstić information content (AvgIpc) is 2.59. The first kappa shape index (κ1) is 17.4. The lowest BCUT2D eigenvalue weighted by molar-refractivity contribution is 0.104. The van der Waals surface area contributed by atoms with Gasteiger partial charge in [0.15, 0.2) is 10.1 Å². The molecule has 0 saturated heterocycles. The van der Waals surface area contributed by atoms with Gasteiger partial charge >= 0.3 is 0 Å². The number of aryl methyl sites for hydroxylation is 1. The van der Waals surface area contributed by atoms with Gasteiger partial charge in [-0.2, -0.15) is 9.97 Å². The SMILES string of the molecule is CSc1nc(C)nc(NC=C2C(=O)c3ccccc3N(C)S2(=O)=O)n1. The number of para-hydroxylation sites is 1. The van der Waals surface area contributed by atoms with Gasteiger partial charge in [0.1, 0.15) is 5.82 Å². The maximum Gasteiger partial charge on any atom is 0.269 e. The molecular weight excluding hydrogens is 362 g/mol. The van der Waals surface area contributed by atoms with Crippen molar-refractivity contribution >= 4 is 39.2 Å². The predicted octanol–water partition coefficient (Wildman–Crippen LogP) is 1.82. The number of ketones is 1. The Morgan fingerprint density at radius 2 is 1.92 bits per heavy atom. The maximum atomic E-state index is 12.6. The van der Waals surface area contributed by atoms with Crippen LogP contribution in [-0.2, 0) is 10.0 Å². The molecule has 1 aromatic carbocycles. The van der Waals surface area contributed by atoms with Crippen LogP contribution in [0.25, 0.3) is 0 Å². The number of nitrogens with one attached hydrogen (secondary N) is 1. The topological polar surface area (TPSA) is 105 Å². The van der Waals surface area contributed by atoms with Gasteiger partial charge in [-0.25, -0.2) is 13.4 Å². The Kier molecular flexibility index (Phi) is 4.48. The number of nitrogens with zero attached hydrogens (tertiary/aromatic N) is 4. The first-order chi connectivity index (χ1) is 11.8. The molecule has 10 heteroatoms. The van der Waals surface area contributed by atoms with Gasteiger partial charge in [-0.15, -0.1) is 0 Å². The first-order valence-electron chi connectivity index (χ1n) is 7.20. The van der Waals surface area contributed by atoms with Gasteiger partial charge in [-0.05, 0) is 25.3 Å². The van der Waals surface area contributed by atoms with E-state index in [1.807, 2.05) is 6.26 Å². The molecule has 0 amide bonds. The number of anilines is 2. The molecule has 0 spiro atoms. The van der Waals surface area contributed by atoms with Gasteiger partial charge in [-0.1, -0.05) is 23.9 Å². The number of sulfonamides is 1. The molecule has 1 aliphatic rings. The van der Waals surface area contributed by atoms with E-state index >= 15 is 0 Å². The zero-order chi connectivity index (χ0) is 18.2. The highest BCUT2D eigenvalue weighted by Gasteiger charge is 2.37. The number of aromatic nitrogens is 3. The van der Waals surface area contributed by atoms with Gasteiger partial charge in [0.2, 0.25) is 11.7 Å². The minimum Gasteiger partial charge on any atom is -0.329 e. The van der Waals surface area contributed by atoms with Crippen LogP contribution in [0.15, 0.2) is 40.5 Å². The molecule has 25 heavy (non-hydrogen) atoms. The fourth-order valence-electron chi connectivity index (χ4n) is 2.35. The summed E-state index contributed by atoms with van der Waals surface area (Å²) in [4.78, 5) is 24.6. The summed E-state index contributed by atoms with van der Waals surface area (Å²) in [5.74, 6) is 0.0893. The van der Waals surface area contributed by atoms with E-state index in [9.17, 15) is 13.2 Å². The largest absolute Gasteiger partial charge is 0.329 e. The van der Waals surface area contributed by atoms with Crippen molar-refractivity contribution in [1.82, 2.24) is 15.0 Å². The average molecular weight is 377 g/mol. The molecule has 2 aromatic rings. The Morgan fingerprint density at radius 3 is 2.64 bits per heavy atom. The van der Waals surface area contributed by atoms with Crippen molar-refractivity contribution in [2.45, 2.75) is 12.1 Å². The molecule has 8 nitrogen and oxygen atoms in total. The highest BCUT2D eigenvalue weighted by atomic mass is 32.2. The molecule has 1 aromatic heterocycles. The summed E-state index contributed by atoms with van der Waals surface area (Å²) in [6.45, 7) is 1.70. The lowest BCUT2D eigenvalue weighted by Gasteiger charge is -2.27. The molecule has 2 heterocycles. The van der Waals surface area contributed by atoms with Crippen molar-refractivity contribution in [2.24, 2.45) is 0 Å². The van der Waals surface area contributed by atoms with Crippen molar-refractivity contribution in [2.75, 3.05) is 22.9 Å². The van der Waals surface area contributed by atoms with E-state index in [-0.39, 0.29) is 10.9 Å². The number of Topliss-reactive ketones (excluding diaryl/α,β-unsaturated/α-hetero) is 1. The molecule has 0 fully saturated rings. The second kappa shape index (κ2) is 6.45. The van der Waals surface area contributed by atoms with Gasteiger partial charge in [0.25, 0.3) is 10.0 Å². The van der Waals surface area contributed by atoms with E-state index < -0.39 is 15.8 Å². The molecule has 1 aliphatic heterocycles. The third-order valence-electron chi connectivity index (χ3n) is 3.59. The highest BCUT2D eigenvalue weighted by Crippen LogP contribution is 2.33. The third-order valence-corrected chi connectivity index (χ3v) is 5.92. The van der Waals surface area contributed by atoms with Gasteiger partial charge < -0.3 is 5.32 Å². The summed E-state index contributed by atoms with van der Waals surface area (Å²) in [7, 11) is -2.54. The molecule has 0 radical (unpaired) electrons. The molecule has 0 saturated carbocycles. The molecule has 0 bridgehead atoms. The van der Waals surface area contributed by atoms with E-state index in [4.69, 9.17) is 0 Å². The van der Waals surface area contributed by atoms with Crippen LogP contribution in [-0.4, -0.2) is 42.5 Å². The summed E-state index contributed by atoms with van der Waals surface area (Å²) >= 11 is 1.33. The number of carbonyl (C=O) groups excluding carboxylic acids is 1. The summed E-state index contributed by atoms with van der Waals surface area (Å²) in [6.07, 6.45) is 2.95. The van der Waals surface area contributed by atoms with E-state index in [1.165, 1.54) is 18.8 Å². The molecule has 130 valence electrons. The quantitative estimate of drug-likeness (QED) is 0.638. The maximum absolute atomic E-state index is 12.6. The summed E-state index contributed by atoms with van der Waals surface area (Å²) in [5.41, 5.74) is 0.676. The van der Waals surface area contributed by atoms with Crippen molar-refractivity contribution in [3.05, 3.63) is 46.8 Å². The number of carbonyl (C=O) groups is 1. The van der Waals surface area contributed by atoms with Crippen LogP contribution in [0.4, 0.5) is 11.6 Å². The molecule has 1 N–H and O–H groups in total. The number of thioether (sulfide) groups is 1. The Labute approximate surface area is 149 Å². The standard InChI is InChI=1S/C15H15N5O3S2/c1-9-17-14(19-15(18-9)24-3)16-8-12-13(21)10-6-4-5-7-11(10)20(2)25(12,22)23/h4-8H,1-3H3,(H,16,17,18,19). The number of hydrogen-bond acceptors (Lipinski definition) is 8. The Hall–Kier alpha value is -2.46. The number of benzene rings is 1. The zero-order valence-electron chi connectivity index (χ0n) is 13.7. The van der Waals surface area contributed by atoms with Crippen LogP contribution >= 0.6 is 11.8 Å². The highest BCUT2D eigenvalue weighted by molar-refractivity contribution is 7.98. The second-order valence-corrected chi connectivity index (χ2v) is 7.88. The minimum atomic E-state index is -3.95. The van der Waals surface area contributed by atoms with Crippen molar-refractivity contribution in [3.8, 4) is 0 Å². The molecule has 0 aliphatic carbocycles. The number of allylic oxidation sites excluding steroid dienone is 1. The van der Waals surface area contributed by atoms with Crippen LogP contribution < -0.4 is 9.62 Å². The van der Waals surface area contributed by atoms with Gasteiger partial charge in [0, 0.05) is 18.8 Å². The zero-order valence-corrected chi connectivity index (χ0v) is 15.3. The summed E-state index contributed by atoms with van der Waals surface area (Å²) in [6, 6.07) is 6.56. The van der Waals surface area contributed by atoms with Crippen LogP contribution in [0, 0.1) is 6.92 Å². The van der Waals surface area contributed by atoms with Crippen molar-refractivity contribution in [3.63, 3.8) is 0 Å². The molecule has 3 rings (SSSR count). The van der Waals surface area contributed by atoms with Crippen molar-refractivity contribution in [1.29, 1.82) is 0 Å². The summed E-state index contributed by atoms with van der Waals surface area (Å²) < 4.78 is 26.4. The fraction of sp³-hybridized carbons (Fsp3) is 0.200. The van der Waals surface area contributed by atoms with Crippen LogP contribution in [0.3, 0.4) is 0 Å². The van der Waals surface area contributed by atoms with Crippen LogP contribution in [0.1, 0.15) is 16.2 Å². The molecular formula is C15H15N5O3S2. The van der Waals surface area contributed by atoms with Gasteiger partial charge in [0.05, 0.1) is 5.69 Å². The van der Waals surface area contributed by atoms with E-state index in [2.05, 4.69) is 20.3 Å². The predicted molar refractivity (Wildman–Crippen MR) is 96.1 cm³/mol. The van der Waals surface area contributed by atoms with Gasteiger partial charge in [-0.3, -0.25) is 9.10 Å².